The fourth-order valence-electron chi connectivity index (χ4n) is 1.50. The fraction of sp³-hybridized carbons (Fsp3) is 0.385. The summed E-state index contributed by atoms with van der Waals surface area (Å²) in [5.41, 5.74) is 6.10. The van der Waals surface area contributed by atoms with E-state index in [1.165, 1.54) is 0 Å². The fourth-order valence-corrected chi connectivity index (χ4v) is 1.67. The van der Waals surface area contributed by atoms with E-state index in [9.17, 15) is 9.59 Å². The van der Waals surface area contributed by atoms with Crippen LogP contribution in [0.5, 0.6) is 0 Å². The summed E-state index contributed by atoms with van der Waals surface area (Å²) in [4.78, 5) is 23.5. The number of nitrogens with one attached hydrogen (secondary N) is 2. The lowest BCUT2D eigenvalue weighted by Gasteiger charge is -2.11. The van der Waals surface area contributed by atoms with Crippen molar-refractivity contribution in [3.8, 4) is 0 Å². The molecule has 0 aliphatic carbocycles. The summed E-state index contributed by atoms with van der Waals surface area (Å²) in [6, 6.07) is 4.75. The Morgan fingerprint density at radius 2 is 2.05 bits per heavy atom. The smallest absolute Gasteiger partial charge is 0.253 e. The zero-order valence-corrected chi connectivity index (χ0v) is 12.8. The highest BCUT2D eigenvalue weighted by molar-refractivity contribution is 6.31. The average Bonchev–Trinajstić information content (AvgIpc) is 2.36. The molecule has 1 aromatic carbocycles. The second-order valence-electron chi connectivity index (χ2n) is 4.03. The third-order valence-electron chi connectivity index (χ3n) is 2.41. The number of rotatable bonds is 6. The molecule has 2 amide bonds. The molecule has 0 atom stereocenters. The quantitative estimate of drug-likeness (QED) is 0.751. The Kier molecular flexibility index (Phi) is 8.96. The largest absolute Gasteiger partial charge is 0.352 e. The maximum atomic E-state index is 11.9. The highest BCUT2D eigenvalue weighted by Crippen LogP contribution is 2.21. The first-order chi connectivity index (χ1) is 9.08. The van der Waals surface area contributed by atoms with Gasteiger partial charge in [0.2, 0.25) is 5.91 Å². The van der Waals surface area contributed by atoms with Gasteiger partial charge in [0.1, 0.15) is 0 Å². The van der Waals surface area contributed by atoms with Crippen LogP contribution >= 0.6 is 24.0 Å². The molecule has 0 heterocycles. The van der Waals surface area contributed by atoms with Crippen LogP contribution < -0.4 is 16.4 Å². The summed E-state index contributed by atoms with van der Waals surface area (Å²) in [5, 5.41) is 5.85. The van der Waals surface area contributed by atoms with Gasteiger partial charge in [-0.15, -0.1) is 12.4 Å². The van der Waals surface area contributed by atoms with E-state index in [1.54, 1.807) is 18.2 Å². The van der Waals surface area contributed by atoms with Crippen molar-refractivity contribution in [3.05, 3.63) is 28.8 Å². The Balaban J connectivity index is 0.00000361. The summed E-state index contributed by atoms with van der Waals surface area (Å²) >= 11 is 5.88. The van der Waals surface area contributed by atoms with Gasteiger partial charge < -0.3 is 16.4 Å². The minimum atomic E-state index is -0.241. The van der Waals surface area contributed by atoms with E-state index in [0.717, 1.165) is 6.42 Å². The van der Waals surface area contributed by atoms with Crippen LogP contribution in [-0.4, -0.2) is 24.9 Å². The van der Waals surface area contributed by atoms with Crippen LogP contribution in [0.1, 0.15) is 30.1 Å². The standard InChI is InChI=1S/C13H18ClN3O2.ClH/c1-2-7-16-13(19)10-4-3-9(14)8-11(10)17-12(18)5-6-15;/h3-4,8H,2,5-7,15H2,1H3,(H,16,19)(H,17,18);1H. The van der Waals surface area contributed by atoms with Gasteiger partial charge >= 0.3 is 0 Å². The van der Waals surface area contributed by atoms with E-state index in [2.05, 4.69) is 10.6 Å². The molecule has 4 N–H and O–H groups in total. The van der Waals surface area contributed by atoms with E-state index in [1.807, 2.05) is 6.92 Å². The molecule has 0 spiro atoms. The van der Waals surface area contributed by atoms with E-state index < -0.39 is 0 Å². The number of nitrogens with two attached hydrogens (primary N) is 1. The normalized spacial score (nSPS) is 9.55. The molecule has 5 nitrogen and oxygen atoms in total. The molecule has 1 rings (SSSR count). The lowest BCUT2D eigenvalue weighted by molar-refractivity contribution is -0.116. The van der Waals surface area contributed by atoms with Gasteiger partial charge in [-0.1, -0.05) is 18.5 Å². The molecule has 20 heavy (non-hydrogen) atoms. The van der Waals surface area contributed by atoms with Gasteiger partial charge in [-0.25, -0.2) is 0 Å². The van der Waals surface area contributed by atoms with E-state index in [4.69, 9.17) is 17.3 Å². The summed E-state index contributed by atoms with van der Waals surface area (Å²) in [5.74, 6) is -0.476. The van der Waals surface area contributed by atoms with E-state index >= 15 is 0 Å². The zero-order chi connectivity index (χ0) is 14.3. The summed E-state index contributed by atoms with van der Waals surface area (Å²) in [7, 11) is 0. The van der Waals surface area contributed by atoms with Crippen LogP contribution in [0.4, 0.5) is 5.69 Å². The van der Waals surface area contributed by atoms with Crippen LogP contribution in [0.25, 0.3) is 0 Å². The Bertz CT molecular complexity index is 467. The van der Waals surface area contributed by atoms with Crippen LogP contribution in [0, 0.1) is 0 Å². The number of anilines is 1. The Labute approximate surface area is 129 Å². The van der Waals surface area contributed by atoms with Gasteiger partial charge in [0, 0.05) is 24.5 Å². The molecule has 7 heteroatoms. The minimum absolute atomic E-state index is 0. The van der Waals surface area contributed by atoms with Crippen LogP contribution in [0.3, 0.4) is 0 Å². The second-order valence-corrected chi connectivity index (χ2v) is 4.47. The molecule has 0 unspecified atom stereocenters. The molecule has 0 aliphatic heterocycles. The molecule has 0 aromatic heterocycles. The van der Waals surface area contributed by atoms with Crippen LogP contribution in [0.15, 0.2) is 18.2 Å². The molecule has 0 aliphatic rings. The number of hydrogen-bond acceptors (Lipinski definition) is 3. The third kappa shape index (κ3) is 5.77. The first kappa shape index (κ1) is 18.7. The molecule has 0 radical (unpaired) electrons. The summed E-state index contributed by atoms with van der Waals surface area (Å²) < 4.78 is 0. The zero-order valence-electron chi connectivity index (χ0n) is 11.2. The Morgan fingerprint density at radius 3 is 2.65 bits per heavy atom. The molecule has 112 valence electrons. The monoisotopic (exact) mass is 319 g/mol. The lowest BCUT2D eigenvalue weighted by Crippen LogP contribution is -2.26. The highest BCUT2D eigenvalue weighted by Gasteiger charge is 2.13. The maximum absolute atomic E-state index is 11.9. The predicted octanol–water partition coefficient (Wildman–Crippen LogP) is 2.19. The predicted molar refractivity (Wildman–Crippen MR) is 83.6 cm³/mol. The van der Waals surface area contributed by atoms with Crippen molar-refractivity contribution in [1.82, 2.24) is 5.32 Å². The molecule has 1 aromatic rings. The van der Waals surface area contributed by atoms with Crippen molar-refractivity contribution in [3.63, 3.8) is 0 Å². The van der Waals surface area contributed by atoms with Crippen molar-refractivity contribution < 1.29 is 9.59 Å². The number of hydrogen-bond donors (Lipinski definition) is 3. The minimum Gasteiger partial charge on any atom is -0.352 e. The Morgan fingerprint density at radius 1 is 1.35 bits per heavy atom. The topological polar surface area (TPSA) is 84.2 Å². The van der Waals surface area contributed by atoms with Gasteiger partial charge in [-0.2, -0.15) is 0 Å². The van der Waals surface area contributed by atoms with Crippen molar-refractivity contribution in [2.24, 2.45) is 5.73 Å². The van der Waals surface area contributed by atoms with Gasteiger partial charge in [-0.05, 0) is 24.6 Å². The molecule has 0 saturated heterocycles. The van der Waals surface area contributed by atoms with Gasteiger partial charge in [0.15, 0.2) is 0 Å². The van der Waals surface area contributed by atoms with Crippen molar-refractivity contribution >= 4 is 41.5 Å². The molecular formula is C13H19Cl2N3O2. The first-order valence-corrected chi connectivity index (χ1v) is 6.54. The Hall–Kier alpha value is -1.30. The van der Waals surface area contributed by atoms with Crippen molar-refractivity contribution in [2.45, 2.75) is 19.8 Å². The van der Waals surface area contributed by atoms with Crippen molar-refractivity contribution in [1.29, 1.82) is 0 Å². The molecule has 0 bridgehead atoms. The number of carbonyl (C=O) groups is 2. The van der Waals surface area contributed by atoms with Gasteiger partial charge in [-0.3, -0.25) is 9.59 Å². The lowest BCUT2D eigenvalue weighted by atomic mass is 10.1. The van der Waals surface area contributed by atoms with Crippen LogP contribution in [-0.2, 0) is 4.79 Å². The summed E-state index contributed by atoms with van der Waals surface area (Å²) in [6.07, 6.45) is 1.04. The van der Waals surface area contributed by atoms with Gasteiger partial charge in [0.05, 0.1) is 11.3 Å². The first-order valence-electron chi connectivity index (χ1n) is 6.16. The number of carbonyl (C=O) groups excluding carboxylic acids is 2. The van der Waals surface area contributed by atoms with E-state index in [-0.39, 0.29) is 37.2 Å². The molecular weight excluding hydrogens is 301 g/mol. The molecule has 0 fully saturated rings. The SMILES string of the molecule is CCCNC(=O)c1ccc(Cl)cc1NC(=O)CCN.Cl. The summed E-state index contributed by atoms with van der Waals surface area (Å²) in [6.45, 7) is 2.80. The average molecular weight is 320 g/mol. The van der Waals surface area contributed by atoms with Gasteiger partial charge in [0.25, 0.3) is 5.91 Å². The van der Waals surface area contributed by atoms with Crippen molar-refractivity contribution in [2.75, 3.05) is 18.4 Å². The van der Waals surface area contributed by atoms with E-state index in [0.29, 0.717) is 22.8 Å². The number of halogens is 2. The third-order valence-corrected chi connectivity index (χ3v) is 2.64. The maximum Gasteiger partial charge on any atom is 0.253 e. The number of amides is 2. The second kappa shape index (κ2) is 9.58. The highest BCUT2D eigenvalue weighted by atomic mass is 35.5. The number of benzene rings is 1. The van der Waals surface area contributed by atoms with Crippen LogP contribution in [0.2, 0.25) is 5.02 Å². The molecule has 0 saturated carbocycles.